The van der Waals surface area contributed by atoms with E-state index < -0.39 is 6.04 Å². The lowest BCUT2D eigenvalue weighted by molar-refractivity contribution is -0.690. The van der Waals surface area contributed by atoms with Gasteiger partial charge in [-0.1, -0.05) is 41.4 Å². The van der Waals surface area contributed by atoms with Crippen molar-refractivity contribution in [2.75, 3.05) is 4.90 Å². The predicted molar refractivity (Wildman–Crippen MR) is 94.2 cm³/mol. The molecule has 3 rings (SSSR count). The molecule has 1 fully saturated rings. The quantitative estimate of drug-likeness (QED) is 0.849. The number of carbonyl (C=O) groups excluding carboxylic acids is 2. The molecular formula is C18H17Cl2N2O2+. The van der Waals surface area contributed by atoms with E-state index in [9.17, 15) is 9.59 Å². The van der Waals surface area contributed by atoms with Crippen LogP contribution in [0.2, 0.25) is 10.0 Å². The first-order chi connectivity index (χ1) is 11.5. The van der Waals surface area contributed by atoms with Crippen LogP contribution in [0.5, 0.6) is 0 Å². The summed E-state index contributed by atoms with van der Waals surface area (Å²) in [5.74, 6) is -0.397. The van der Waals surface area contributed by atoms with Crippen LogP contribution >= 0.6 is 23.2 Å². The number of halogens is 2. The number of quaternary nitrogens is 1. The highest BCUT2D eigenvalue weighted by Gasteiger charge is 2.42. The molecule has 2 aromatic rings. The molecule has 1 heterocycles. The molecule has 1 aliphatic heterocycles. The zero-order chi connectivity index (χ0) is 17.3. The Labute approximate surface area is 150 Å². The van der Waals surface area contributed by atoms with E-state index >= 15 is 0 Å². The third kappa shape index (κ3) is 3.46. The van der Waals surface area contributed by atoms with E-state index in [1.54, 1.807) is 12.1 Å². The fourth-order valence-corrected chi connectivity index (χ4v) is 3.03. The molecule has 1 aliphatic rings. The van der Waals surface area contributed by atoms with Crippen LogP contribution in [0.3, 0.4) is 0 Å². The second kappa shape index (κ2) is 6.93. The Bertz CT molecular complexity index is 790. The second-order valence-corrected chi connectivity index (χ2v) is 6.72. The number of nitrogens with zero attached hydrogens (tertiary/aromatic N) is 1. The third-order valence-corrected chi connectivity index (χ3v) is 4.81. The van der Waals surface area contributed by atoms with Gasteiger partial charge in [0.05, 0.1) is 12.1 Å². The minimum Gasteiger partial charge on any atom is -0.332 e. The van der Waals surface area contributed by atoms with Gasteiger partial charge in [-0.3, -0.25) is 9.59 Å². The van der Waals surface area contributed by atoms with Crippen molar-refractivity contribution in [1.82, 2.24) is 0 Å². The Morgan fingerprint density at radius 2 is 1.83 bits per heavy atom. The van der Waals surface area contributed by atoms with Gasteiger partial charge in [0.25, 0.3) is 5.91 Å². The van der Waals surface area contributed by atoms with Crippen molar-refractivity contribution in [1.29, 1.82) is 0 Å². The van der Waals surface area contributed by atoms with Crippen molar-refractivity contribution in [3.05, 3.63) is 63.6 Å². The first kappa shape index (κ1) is 17.0. The molecule has 0 aliphatic carbocycles. The number of aryl methyl sites for hydroxylation is 1. The van der Waals surface area contributed by atoms with E-state index in [1.165, 1.54) is 4.90 Å². The van der Waals surface area contributed by atoms with Crippen molar-refractivity contribution in [3.63, 3.8) is 0 Å². The molecule has 24 heavy (non-hydrogen) atoms. The van der Waals surface area contributed by atoms with Crippen LogP contribution in [0.15, 0.2) is 42.5 Å². The second-order valence-electron chi connectivity index (χ2n) is 5.88. The van der Waals surface area contributed by atoms with Crippen LogP contribution in [-0.2, 0) is 16.1 Å². The Morgan fingerprint density at radius 3 is 2.50 bits per heavy atom. The van der Waals surface area contributed by atoms with E-state index in [0.717, 1.165) is 11.1 Å². The van der Waals surface area contributed by atoms with Crippen LogP contribution in [0.4, 0.5) is 5.69 Å². The van der Waals surface area contributed by atoms with Gasteiger partial charge in [0.2, 0.25) is 5.91 Å². The first-order valence-corrected chi connectivity index (χ1v) is 8.42. The number of rotatable bonds is 4. The lowest BCUT2D eigenvalue weighted by Gasteiger charge is -2.15. The Balaban J connectivity index is 1.71. The molecule has 0 aromatic heterocycles. The van der Waals surface area contributed by atoms with E-state index in [0.29, 0.717) is 22.3 Å². The topological polar surface area (TPSA) is 54.0 Å². The molecule has 124 valence electrons. The van der Waals surface area contributed by atoms with Crippen LogP contribution in [0, 0.1) is 6.92 Å². The van der Waals surface area contributed by atoms with Crippen LogP contribution < -0.4 is 10.2 Å². The van der Waals surface area contributed by atoms with Crippen LogP contribution in [0.25, 0.3) is 0 Å². The number of hydrogen-bond donors (Lipinski definition) is 1. The molecule has 1 saturated heterocycles. The average molecular weight is 364 g/mol. The smallest absolute Gasteiger partial charge is 0.292 e. The maximum absolute atomic E-state index is 12.6. The maximum atomic E-state index is 12.6. The Kier molecular flexibility index (Phi) is 4.90. The summed E-state index contributed by atoms with van der Waals surface area (Å²) in [4.78, 5) is 26.1. The number of carbonyl (C=O) groups is 2. The molecule has 0 radical (unpaired) electrons. The Morgan fingerprint density at radius 1 is 1.12 bits per heavy atom. The lowest BCUT2D eigenvalue weighted by atomic mass is 10.2. The molecule has 4 nitrogen and oxygen atoms in total. The van der Waals surface area contributed by atoms with E-state index in [4.69, 9.17) is 23.2 Å². The minimum atomic E-state index is -0.409. The molecule has 2 amide bonds. The highest BCUT2D eigenvalue weighted by molar-refractivity contribution is 6.32. The molecular weight excluding hydrogens is 347 g/mol. The summed E-state index contributed by atoms with van der Waals surface area (Å²) < 4.78 is 0. The molecule has 2 N–H and O–H groups in total. The monoisotopic (exact) mass is 363 g/mol. The van der Waals surface area contributed by atoms with Gasteiger partial charge in [-0.15, -0.1) is 0 Å². The SMILES string of the molecule is Cc1ccc(N2C(=O)C[C@@H]([NH2+]Cc3ccc(Cl)cc3)C2=O)cc1Cl. The van der Waals surface area contributed by atoms with Crippen molar-refractivity contribution in [2.24, 2.45) is 0 Å². The zero-order valence-corrected chi connectivity index (χ0v) is 14.6. The zero-order valence-electron chi connectivity index (χ0n) is 13.1. The van der Waals surface area contributed by atoms with Gasteiger partial charge >= 0.3 is 0 Å². The largest absolute Gasteiger partial charge is 0.332 e. The van der Waals surface area contributed by atoms with Crippen molar-refractivity contribution >= 4 is 40.7 Å². The fourth-order valence-electron chi connectivity index (χ4n) is 2.73. The normalized spacial score (nSPS) is 17.6. The highest BCUT2D eigenvalue weighted by atomic mass is 35.5. The maximum Gasteiger partial charge on any atom is 0.292 e. The third-order valence-electron chi connectivity index (χ3n) is 4.15. The van der Waals surface area contributed by atoms with Gasteiger partial charge in [0.1, 0.15) is 6.54 Å². The van der Waals surface area contributed by atoms with E-state index in [-0.39, 0.29) is 18.2 Å². The van der Waals surface area contributed by atoms with Gasteiger partial charge in [-0.25, -0.2) is 4.90 Å². The molecule has 0 unspecified atom stereocenters. The first-order valence-electron chi connectivity index (χ1n) is 7.66. The summed E-state index contributed by atoms with van der Waals surface area (Å²) in [6, 6.07) is 12.3. The summed E-state index contributed by atoms with van der Waals surface area (Å²) in [6.45, 7) is 2.49. The molecule has 6 heteroatoms. The number of amides is 2. The number of benzene rings is 2. The van der Waals surface area contributed by atoms with Gasteiger partial charge < -0.3 is 5.32 Å². The van der Waals surface area contributed by atoms with Crippen LogP contribution in [-0.4, -0.2) is 17.9 Å². The summed E-state index contributed by atoms with van der Waals surface area (Å²) in [5.41, 5.74) is 2.49. The molecule has 0 saturated carbocycles. The van der Waals surface area contributed by atoms with Crippen molar-refractivity contribution in [2.45, 2.75) is 25.9 Å². The van der Waals surface area contributed by atoms with Crippen molar-refractivity contribution < 1.29 is 14.9 Å². The van der Waals surface area contributed by atoms with Crippen molar-refractivity contribution in [3.8, 4) is 0 Å². The number of anilines is 1. The molecule has 1 atom stereocenters. The van der Waals surface area contributed by atoms with Gasteiger partial charge in [-0.05, 0) is 36.8 Å². The summed E-state index contributed by atoms with van der Waals surface area (Å²) in [5, 5.41) is 3.11. The molecule has 0 spiro atoms. The lowest BCUT2D eigenvalue weighted by Crippen LogP contribution is -2.90. The van der Waals surface area contributed by atoms with E-state index in [2.05, 4.69) is 0 Å². The summed E-state index contributed by atoms with van der Waals surface area (Å²) in [7, 11) is 0. The average Bonchev–Trinajstić information content (AvgIpc) is 2.84. The number of hydrogen-bond acceptors (Lipinski definition) is 2. The molecule has 2 aromatic carbocycles. The predicted octanol–water partition coefficient (Wildman–Crippen LogP) is 2.70. The summed E-state index contributed by atoms with van der Waals surface area (Å²) in [6.07, 6.45) is 0.192. The molecule has 0 bridgehead atoms. The van der Waals surface area contributed by atoms with Gasteiger partial charge in [0.15, 0.2) is 6.04 Å². The number of nitrogens with two attached hydrogens (primary N) is 1. The van der Waals surface area contributed by atoms with E-state index in [1.807, 2.05) is 42.6 Å². The van der Waals surface area contributed by atoms with Gasteiger partial charge in [0, 0.05) is 15.6 Å². The number of imide groups is 1. The summed E-state index contributed by atoms with van der Waals surface area (Å²) >= 11 is 12.0. The minimum absolute atomic E-state index is 0.192. The van der Waals surface area contributed by atoms with Crippen LogP contribution in [0.1, 0.15) is 17.5 Å². The Hall–Kier alpha value is -1.88. The highest BCUT2D eigenvalue weighted by Crippen LogP contribution is 2.26. The standard InChI is InChI=1S/C18H16Cl2N2O2/c1-11-2-7-14(8-15(11)20)22-17(23)9-16(18(22)24)21-10-12-3-5-13(19)6-4-12/h2-8,16,21H,9-10H2,1H3/p+1/t16-/m1/s1. The van der Waals surface area contributed by atoms with Gasteiger partial charge in [-0.2, -0.15) is 0 Å². The fraction of sp³-hybridized carbons (Fsp3) is 0.222.